The average Bonchev–Trinajstić information content (AvgIpc) is 2.83. The highest BCUT2D eigenvalue weighted by Gasteiger charge is 2.23. The number of hydrogen-bond donors (Lipinski definition) is 1. The molecule has 1 aliphatic carbocycles. The van der Waals surface area contributed by atoms with Crippen molar-refractivity contribution in [3.63, 3.8) is 0 Å². The van der Waals surface area contributed by atoms with Gasteiger partial charge < -0.3 is 5.32 Å². The van der Waals surface area contributed by atoms with E-state index in [4.69, 9.17) is 11.6 Å². The molecule has 2 unspecified atom stereocenters. The van der Waals surface area contributed by atoms with Gasteiger partial charge in [-0.05, 0) is 31.6 Å². The number of nitrogens with one attached hydrogen (secondary N) is 1. The first-order valence-electron chi connectivity index (χ1n) is 5.27. The molecule has 1 aromatic heterocycles. The van der Waals surface area contributed by atoms with Crippen molar-refractivity contribution in [2.75, 3.05) is 6.26 Å². The third kappa shape index (κ3) is 3.38. The first-order chi connectivity index (χ1) is 7.28. The summed E-state index contributed by atoms with van der Waals surface area (Å²) in [5.41, 5.74) is 0. The minimum Gasteiger partial charge on any atom is -0.309 e. The lowest BCUT2D eigenvalue weighted by atomic mass is 10.2. The van der Waals surface area contributed by atoms with Gasteiger partial charge in [-0.3, -0.25) is 0 Å². The minimum absolute atomic E-state index is 0.711. The minimum atomic E-state index is 0.711. The van der Waals surface area contributed by atoms with Crippen LogP contribution in [-0.4, -0.2) is 17.5 Å². The lowest BCUT2D eigenvalue weighted by molar-refractivity contribution is 0.528. The Morgan fingerprint density at radius 2 is 2.47 bits per heavy atom. The van der Waals surface area contributed by atoms with Gasteiger partial charge in [0.05, 0.1) is 5.02 Å². The summed E-state index contributed by atoms with van der Waals surface area (Å²) < 4.78 is 0. The highest BCUT2D eigenvalue weighted by molar-refractivity contribution is 7.99. The molecule has 0 bridgehead atoms. The molecule has 1 heterocycles. The van der Waals surface area contributed by atoms with Crippen LogP contribution in [0.3, 0.4) is 0 Å². The van der Waals surface area contributed by atoms with E-state index in [1.807, 2.05) is 17.1 Å². The second kappa shape index (κ2) is 5.58. The highest BCUT2D eigenvalue weighted by Crippen LogP contribution is 2.28. The van der Waals surface area contributed by atoms with Crippen LogP contribution >= 0.6 is 34.7 Å². The van der Waals surface area contributed by atoms with Crippen molar-refractivity contribution in [3.8, 4) is 0 Å². The van der Waals surface area contributed by atoms with E-state index in [0.717, 1.165) is 16.8 Å². The lowest BCUT2D eigenvalue weighted by Gasteiger charge is -2.11. The van der Waals surface area contributed by atoms with Crippen molar-refractivity contribution < 1.29 is 0 Å². The Kier molecular flexibility index (Phi) is 4.38. The Bertz CT molecular complexity index is 313. The molecular weight excluding hydrogens is 246 g/mol. The molecule has 1 saturated carbocycles. The summed E-state index contributed by atoms with van der Waals surface area (Å²) in [6.07, 6.45) is 6.22. The second-order valence-electron chi connectivity index (χ2n) is 3.98. The third-order valence-corrected chi connectivity index (χ3v) is 5.28. The SMILES string of the molecule is CSC1CCC(NCc2cc(Cl)cs2)C1. The Balaban J connectivity index is 1.75. The zero-order valence-corrected chi connectivity index (χ0v) is 11.2. The number of thioether (sulfide) groups is 1. The number of halogens is 1. The van der Waals surface area contributed by atoms with Crippen LogP contribution in [0.1, 0.15) is 24.1 Å². The standard InChI is InChI=1S/C11H16ClNS2/c1-14-10-3-2-9(5-10)13-6-11-4-8(12)7-15-11/h4,7,9-10,13H,2-3,5-6H2,1H3. The summed E-state index contributed by atoms with van der Waals surface area (Å²) in [4.78, 5) is 1.34. The van der Waals surface area contributed by atoms with Gasteiger partial charge >= 0.3 is 0 Å². The smallest absolute Gasteiger partial charge is 0.0516 e. The third-order valence-electron chi connectivity index (χ3n) is 2.90. The van der Waals surface area contributed by atoms with Crippen LogP contribution in [0.5, 0.6) is 0 Å². The van der Waals surface area contributed by atoms with Gasteiger partial charge in [0.2, 0.25) is 0 Å². The van der Waals surface area contributed by atoms with Gasteiger partial charge in [0.15, 0.2) is 0 Å². The maximum Gasteiger partial charge on any atom is 0.0516 e. The summed E-state index contributed by atoms with van der Waals surface area (Å²) in [6, 6.07) is 2.77. The van der Waals surface area contributed by atoms with Crippen molar-refractivity contribution in [1.82, 2.24) is 5.32 Å². The van der Waals surface area contributed by atoms with Crippen LogP contribution in [-0.2, 0) is 6.54 Å². The molecule has 0 spiro atoms. The second-order valence-corrected chi connectivity index (χ2v) is 6.55. The first kappa shape index (κ1) is 11.8. The first-order valence-corrected chi connectivity index (χ1v) is 7.81. The Hall–Kier alpha value is 0.300. The zero-order chi connectivity index (χ0) is 10.7. The number of thiophene rings is 1. The molecule has 84 valence electrons. The average molecular weight is 262 g/mol. The van der Waals surface area contributed by atoms with Gasteiger partial charge in [0.25, 0.3) is 0 Å². The maximum absolute atomic E-state index is 5.88. The molecule has 0 saturated heterocycles. The van der Waals surface area contributed by atoms with Gasteiger partial charge in [-0.1, -0.05) is 11.6 Å². The summed E-state index contributed by atoms with van der Waals surface area (Å²) >= 11 is 9.62. The van der Waals surface area contributed by atoms with E-state index < -0.39 is 0 Å². The van der Waals surface area contributed by atoms with Crippen molar-refractivity contribution >= 4 is 34.7 Å². The lowest BCUT2D eigenvalue weighted by Crippen LogP contribution is -2.25. The molecule has 15 heavy (non-hydrogen) atoms. The molecule has 4 heteroatoms. The van der Waals surface area contributed by atoms with E-state index in [2.05, 4.69) is 17.6 Å². The molecule has 0 aliphatic heterocycles. The van der Waals surface area contributed by atoms with Crippen LogP contribution in [0.25, 0.3) is 0 Å². The van der Waals surface area contributed by atoms with Crippen LogP contribution in [0, 0.1) is 0 Å². The Morgan fingerprint density at radius 3 is 3.07 bits per heavy atom. The topological polar surface area (TPSA) is 12.0 Å². The fourth-order valence-electron chi connectivity index (χ4n) is 2.03. The summed E-state index contributed by atoms with van der Waals surface area (Å²) in [6.45, 7) is 0.975. The molecule has 0 radical (unpaired) electrons. The zero-order valence-electron chi connectivity index (χ0n) is 8.83. The predicted molar refractivity (Wildman–Crippen MR) is 71.1 cm³/mol. The fourth-order valence-corrected chi connectivity index (χ4v) is 3.85. The Morgan fingerprint density at radius 1 is 1.60 bits per heavy atom. The highest BCUT2D eigenvalue weighted by atomic mass is 35.5. The van der Waals surface area contributed by atoms with Crippen LogP contribution in [0.2, 0.25) is 5.02 Å². The largest absolute Gasteiger partial charge is 0.309 e. The molecule has 2 rings (SSSR count). The van der Waals surface area contributed by atoms with E-state index in [-0.39, 0.29) is 0 Å². The van der Waals surface area contributed by atoms with Crippen molar-refractivity contribution in [2.45, 2.75) is 37.1 Å². The molecule has 1 aromatic rings. The molecule has 2 atom stereocenters. The number of rotatable bonds is 4. The maximum atomic E-state index is 5.88. The molecule has 1 N–H and O–H groups in total. The van der Waals surface area contributed by atoms with Gasteiger partial charge in [-0.25, -0.2) is 0 Å². The summed E-state index contributed by atoms with van der Waals surface area (Å²) in [7, 11) is 0. The molecule has 0 amide bonds. The molecule has 0 aromatic carbocycles. The van der Waals surface area contributed by atoms with E-state index >= 15 is 0 Å². The Labute approximate surface area is 105 Å². The van der Waals surface area contributed by atoms with Gasteiger partial charge in [-0.15, -0.1) is 11.3 Å². The summed E-state index contributed by atoms with van der Waals surface area (Å²) in [5.74, 6) is 0. The van der Waals surface area contributed by atoms with Crippen molar-refractivity contribution in [2.24, 2.45) is 0 Å². The number of hydrogen-bond acceptors (Lipinski definition) is 3. The molecule has 1 nitrogen and oxygen atoms in total. The van der Waals surface area contributed by atoms with Crippen molar-refractivity contribution in [1.29, 1.82) is 0 Å². The molecule has 1 fully saturated rings. The fraction of sp³-hybridized carbons (Fsp3) is 0.636. The molecule has 1 aliphatic rings. The normalized spacial score (nSPS) is 26.0. The van der Waals surface area contributed by atoms with E-state index in [1.54, 1.807) is 11.3 Å². The predicted octanol–water partition coefficient (Wildman–Crippen LogP) is 3.78. The van der Waals surface area contributed by atoms with Gasteiger partial charge in [0, 0.05) is 28.1 Å². The van der Waals surface area contributed by atoms with E-state index in [0.29, 0.717) is 6.04 Å². The van der Waals surface area contributed by atoms with E-state index in [9.17, 15) is 0 Å². The van der Waals surface area contributed by atoms with Gasteiger partial charge in [-0.2, -0.15) is 11.8 Å². The molecular formula is C11H16ClNS2. The van der Waals surface area contributed by atoms with Crippen molar-refractivity contribution in [3.05, 3.63) is 21.3 Å². The monoisotopic (exact) mass is 261 g/mol. The van der Waals surface area contributed by atoms with Crippen LogP contribution < -0.4 is 5.32 Å². The summed E-state index contributed by atoms with van der Waals surface area (Å²) in [5, 5.41) is 7.35. The van der Waals surface area contributed by atoms with Crippen LogP contribution in [0.15, 0.2) is 11.4 Å². The van der Waals surface area contributed by atoms with Gasteiger partial charge in [0.1, 0.15) is 0 Å². The quantitative estimate of drug-likeness (QED) is 0.886. The van der Waals surface area contributed by atoms with E-state index in [1.165, 1.54) is 24.1 Å². The van der Waals surface area contributed by atoms with Crippen LogP contribution in [0.4, 0.5) is 0 Å².